The van der Waals surface area contributed by atoms with Crippen molar-refractivity contribution in [1.29, 1.82) is 0 Å². The molecule has 0 amide bonds. The molecule has 1 unspecified atom stereocenters. The maximum atomic E-state index is 11.9. The molecule has 0 radical (unpaired) electrons. The zero-order valence-corrected chi connectivity index (χ0v) is 11.4. The van der Waals surface area contributed by atoms with Crippen LogP contribution in [0.1, 0.15) is 44.4 Å². The molecular formula is C13H14O9. The summed E-state index contributed by atoms with van der Waals surface area (Å²) >= 11 is 0. The molecule has 1 rings (SSSR count). The summed E-state index contributed by atoms with van der Waals surface area (Å²) in [6.45, 7) is 1.39. The highest BCUT2D eigenvalue weighted by atomic mass is 16.7. The Kier molecular flexibility index (Phi) is 5.20. The third-order valence-electron chi connectivity index (χ3n) is 2.77. The van der Waals surface area contributed by atoms with Gasteiger partial charge in [0.15, 0.2) is 6.10 Å². The van der Waals surface area contributed by atoms with E-state index in [0.29, 0.717) is 0 Å². The van der Waals surface area contributed by atoms with Gasteiger partial charge in [0.1, 0.15) is 0 Å². The van der Waals surface area contributed by atoms with E-state index in [-0.39, 0.29) is 12.0 Å². The lowest BCUT2D eigenvalue weighted by molar-refractivity contribution is -0.353. The molecule has 0 heterocycles. The molecule has 120 valence electrons. The van der Waals surface area contributed by atoms with E-state index in [0.717, 1.165) is 18.2 Å². The number of carbonyl (C=O) groups is 3. The number of carbonyl (C=O) groups excluding carboxylic acids is 1. The Morgan fingerprint density at radius 3 is 2.09 bits per heavy atom. The van der Waals surface area contributed by atoms with Gasteiger partial charge in [-0.25, -0.2) is 14.4 Å². The fourth-order valence-electron chi connectivity index (χ4n) is 1.66. The van der Waals surface area contributed by atoms with Crippen LogP contribution in [0.15, 0.2) is 18.2 Å². The highest BCUT2D eigenvalue weighted by Gasteiger charge is 2.35. The van der Waals surface area contributed by atoms with Gasteiger partial charge in [-0.15, -0.1) is 0 Å². The third-order valence-corrected chi connectivity index (χ3v) is 2.77. The summed E-state index contributed by atoms with van der Waals surface area (Å²) in [5.74, 6) is -7.47. The molecule has 0 spiro atoms. The van der Waals surface area contributed by atoms with Gasteiger partial charge in [-0.3, -0.25) is 0 Å². The first-order valence-electron chi connectivity index (χ1n) is 6.06. The molecule has 0 aromatic heterocycles. The molecule has 0 aliphatic heterocycles. The summed E-state index contributed by atoms with van der Waals surface area (Å²) in [4.78, 5) is 33.8. The Balaban J connectivity index is 3.17. The van der Waals surface area contributed by atoms with Crippen LogP contribution in [0.2, 0.25) is 0 Å². The van der Waals surface area contributed by atoms with Crippen molar-refractivity contribution in [2.75, 3.05) is 0 Å². The molecule has 0 saturated heterocycles. The average Bonchev–Trinajstić information content (AvgIpc) is 2.42. The van der Waals surface area contributed by atoms with Crippen molar-refractivity contribution in [2.24, 2.45) is 0 Å². The molecule has 1 aromatic rings. The summed E-state index contributed by atoms with van der Waals surface area (Å²) in [6, 6.07) is 2.69. The van der Waals surface area contributed by atoms with E-state index in [2.05, 4.69) is 4.74 Å². The lowest BCUT2D eigenvalue weighted by Crippen LogP contribution is -2.44. The van der Waals surface area contributed by atoms with Crippen molar-refractivity contribution in [3.8, 4) is 0 Å². The van der Waals surface area contributed by atoms with Crippen LogP contribution in [0.4, 0.5) is 0 Å². The molecule has 1 aromatic carbocycles. The quantitative estimate of drug-likeness (QED) is 0.349. The second-order valence-corrected chi connectivity index (χ2v) is 4.36. The van der Waals surface area contributed by atoms with Gasteiger partial charge in [0.25, 0.3) is 0 Å². The largest absolute Gasteiger partial charge is 0.478 e. The van der Waals surface area contributed by atoms with Gasteiger partial charge in [0, 0.05) is 0 Å². The number of benzene rings is 1. The summed E-state index contributed by atoms with van der Waals surface area (Å²) in [5, 5.41) is 44.9. The van der Waals surface area contributed by atoms with Crippen molar-refractivity contribution >= 4 is 17.9 Å². The van der Waals surface area contributed by atoms with Gasteiger partial charge >= 0.3 is 23.9 Å². The zero-order valence-electron chi connectivity index (χ0n) is 11.4. The molecular weight excluding hydrogens is 300 g/mol. The topological polar surface area (TPSA) is 162 Å². The van der Waals surface area contributed by atoms with Crippen molar-refractivity contribution in [3.63, 3.8) is 0 Å². The number of hydrogen-bond acceptors (Lipinski definition) is 7. The summed E-state index contributed by atoms with van der Waals surface area (Å²) in [5.41, 5.74) is -1.46. The van der Waals surface area contributed by atoms with E-state index in [4.69, 9.17) is 25.5 Å². The monoisotopic (exact) mass is 314 g/mol. The first kappa shape index (κ1) is 17.6. The molecule has 0 saturated carbocycles. The number of carboxylic acids is 2. The molecule has 9 nitrogen and oxygen atoms in total. The number of aromatic carboxylic acids is 2. The summed E-state index contributed by atoms with van der Waals surface area (Å²) in [7, 11) is 0. The van der Waals surface area contributed by atoms with Crippen LogP contribution in [0.3, 0.4) is 0 Å². The van der Waals surface area contributed by atoms with Crippen molar-refractivity contribution in [1.82, 2.24) is 0 Å². The maximum absolute atomic E-state index is 11.9. The fraction of sp³-hybridized carbons (Fsp3) is 0.308. The molecule has 22 heavy (non-hydrogen) atoms. The van der Waals surface area contributed by atoms with Gasteiger partial charge in [0.2, 0.25) is 0 Å². The van der Waals surface area contributed by atoms with E-state index >= 15 is 0 Å². The Morgan fingerprint density at radius 2 is 1.68 bits per heavy atom. The Labute approximate surface area is 124 Å². The van der Waals surface area contributed by atoms with Crippen LogP contribution < -0.4 is 0 Å². The standard InChI is InChI=1S/C13H14O9/c1-2-9(13(19,20)21)22-12(18)7-4-3-6(10(14)15)5-8(7)11(16)17/h3-5,9,19-21H,2H2,1H3,(H,14,15)(H,16,17). The Bertz CT molecular complexity index is 600. The first-order chi connectivity index (χ1) is 10.1. The maximum Gasteiger partial charge on any atom is 0.339 e. The lowest BCUT2D eigenvalue weighted by atomic mass is 10.0. The fourth-order valence-corrected chi connectivity index (χ4v) is 1.66. The number of esters is 1. The van der Waals surface area contributed by atoms with Crippen LogP contribution in [-0.2, 0) is 4.74 Å². The minimum Gasteiger partial charge on any atom is -0.478 e. The molecule has 5 N–H and O–H groups in total. The molecule has 9 heteroatoms. The van der Waals surface area contributed by atoms with Crippen LogP contribution in [0, 0.1) is 0 Å². The van der Waals surface area contributed by atoms with Gasteiger partial charge in [-0.05, 0) is 24.6 Å². The number of carboxylic acid groups (broad SMARTS) is 2. The van der Waals surface area contributed by atoms with Crippen molar-refractivity contribution in [2.45, 2.75) is 25.4 Å². The molecule has 0 fully saturated rings. The first-order valence-corrected chi connectivity index (χ1v) is 6.06. The Morgan fingerprint density at radius 1 is 1.09 bits per heavy atom. The predicted molar refractivity (Wildman–Crippen MR) is 69.2 cm³/mol. The van der Waals surface area contributed by atoms with E-state index in [1.807, 2.05) is 0 Å². The highest BCUT2D eigenvalue weighted by molar-refractivity contribution is 6.04. The zero-order chi connectivity index (χ0) is 17.1. The molecule has 1 atom stereocenters. The molecule has 0 aliphatic carbocycles. The molecule has 0 bridgehead atoms. The lowest BCUT2D eigenvalue weighted by Gasteiger charge is -2.24. The van der Waals surface area contributed by atoms with Gasteiger partial charge in [-0.1, -0.05) is 6.92 Å². The van der Waals surface area contributed by atoms with E-state index in [1.54, 1.807) is 0 Å². The number of hydrogen-bond donors (Lipinski definition) is 5. The van der Waals surface area contributed by atoms with Crippen LogP contribution in [-0.4, -0.2) is 55.5 Å². The van der Waals surface area contributed by atoms with Gasteiger partial charge in [-0.2, -0.15) is 0 Å². The number of ether oxygens (including phenoxy) is 1. The van der Waals surface area contributed by atoms with E-state index in [9.17, 15) is 14.4 Å². The number of rotatable bonds is 6. The minimum absolute atomic E-state index is 0.162. The highest BCUT2D eigenvalue weighted by Crippen LogP contribution is 2.18. The van der Waals surface area contributed by atoms with Crippen LogP contribution in [0.25, 0.3) is 0 Å². The van der Waals surface area contributed by atoms with Gasteiger partial charge < -0.3 is 30.3 Å². The minimum atomic E-state index is -3.28. The second kappa shape index (κ2) is 6.52. The average molecular weight is 314 g/mol. The second-order valence-electron chi connectivity index (χ2n) is 4.36. The van der Waals surface area contributed by atoms with Crippen molar-refractivity contribution in [3.05, 3.63) is 34.9 Å². The smallest absolute Gasteiger partial charge is 0.339 e. The third kappa shape index (κ3) is 4.01. The summed E-state index contributed by atoms with van der Waals surface area (Å²) in [6.07, 6.45) is -1.87. The van der Waals surface area contributed by atoms with Crippen LogP contribution in [0.5, 0.6) is 0 Å². The molecule has 0 aliphatic rings. The van der Waals surface area contributed by atoms with E-state index in [1.165, 1.54) is 6.92 Å². The van der Waals surface area contributed by atoms with Crippen molar-refractivity contribution < 1.29 is 44.7 Å². The Hall–Kier alpha value is -2.49. The van der Waals surface area contributed by atoms with Gasteiger partial charge in [0.05, 0.1) is 16.7 Å². The van der Waals surface area contributed by atoms with E-state index < -0.39 is 41.1 Å². The summed E-state index contributed by atoms with van der Waals surface area (Å²) < 4.78 is 4.64. The van der Waals surface area contributed by atoms with Crippen LogP contribution >= 0.6 is 0 Å². The normalized spacial score (nSPS) is 12.5. The number of aliphatic hydroxyl groups is 3. The predicted octanol–water partition coefficient (Wildman–Crippen LogP) is -0.351. The SMILES string of the molecule is CCC(OC(=O)c1ccc(C(=O)O)cc1C(=O)O)C(O)(O)O.